The molecule has 2 aromatic rings. The zero-order valence-corrected chi connectivity index (χ0v) is 13.5. The van der Waals surface area contributed by atoms with Gasteiger partial charge in [-0.2, -0.15) is 0 Å². The topological polar surface area (TPSA) is 61.8 Å². The first-order valence-electron chi connectivity index (χ1n) is 7.42. The van der Waals surface area contributed by atoms with E-state index in [0.717, 1.165) is 5.56 Å². The zero-order valence-electron chi connectivity index (χ0n) is 13.5. The molecule has 2 aromatic carbocycles. The molecule has 0 atom stereocenters. The summed E-state index contributed by atoms with van der Waals surface area (Å²) in [6, 6.07) is 11.9. The number of hydrogen-bond donors (Lipinski definition) is 0. The van der Waals surface area contributed by atoms with Crippen LogP contribution in [0.5, 0.6) is 17.2 Å². The van der Waals surface area contributed by atoms with E-state index in [2.05, 4.69) is 0 Å². The van der Waals surface area contributed by atoms with Crippen LogP contribution in [0.25, 0.3) is 6.08 Å². The second kappa shape index (κ2) is 8.53. The Morgan fingerprint density at radius 1 is 1.08 bits per heavy atom. The van der Waals surface area contributed by atoms with Gasteiger partial charge in [-0.25, -0.2) is 4.79 Å². The predicted octanol–water partition coefficient (Wildman–Crippen LogP) is 3.53. The Labute approximate surface area is 140 Å². The van der Waals surface area contributed by atoms with E-state index in [0.29, 0.717) is 30.0 Å². The van der Waals surface area contributed by atoms with E-state index in [1.54, 1.807) is 25.3 Å². The molecule has 0 aliphatic rings. The van der Waals surface area contributed by atoms with Gasteiger partial charge in [-0.05, 0) is 48.9 Å². The van der Waals surface area contributed by atoms with E-state index in [9.17, 15) is 9.59 Å². The number of aldehydes is 1. The summed E-state index contributed by atoms with van der Waals surface area (Å²) in [5.74, 6) is 0.777. The molecule has 0 spiro atoms. The Balaban J connectivity index is 2.11. The van der Waals surface area contributed by atoms with E-state index in [1.165, 1.54) is 18.2 Å². The molecule has 0 amide bonds. The average Bonchev–Trinajstić information content (AvgIpc) is 2.62. The maximum absolute atomic E-state index is 12.0. The molecule has 0 radical (unpaired) electrons. The minimum absolute atomic E-state index is 0.266. The monoisotopic (exact) mass is 326 g/mol. The van der Waals surface area contributed by atoms with Crippen LogP contribution in [0, 0.1) is 0 Å². The fourth-order valence-electron chi connectivity index (χ4n) is 2.00. The Morgan fingerprint density at radius 3 is 2.62 bits per heavy atom. The molecule has 24 heavy (non-hydrogen) atoms. The van der Waals surface area contributed by atoms with Crippen LogP contribution in [0.4, 0.5) is 0 Å². The Morgan fingerprint density at radius 2 is 1.92 bits per heavy atom. The number of methoxy groups -OCH3 is 1. The van der Waals surface area contributed by atoms with Gasteiger partial charge in [0.2, 0.25) is 0 Å². The van der Waals surface area contributed by atoms with Crippen LogP contribution in [0.1, 0.15) is 22.8 Å². The molecule has 0 heterocycles. The fourth-order valence-corrected chi connectivity index (χ4v) is 2.00. The number of carbonyl (C=O) groups is 2. The molecule has 0 saturated carbocycles. The largest absolute Gasteiger partial charge is 0.497 e. The molecule has 5 heteroatoms. The van der Waals surface area contributed by atoms with E-state index < -0.39 is 5.97 Å². The van der Waals surface area contributed by atoms with Crippen molar-refractivity contribution < 1.29 is 23.8 Å². The van der Waals surface area contributed by atoms with Crippen molar-refractivity contribution in [2.75, 3.05) is 13.7 Å². The zero-order chi connectivity index (χ0) is 17.4. The van der Waals surface area contributed by atoms with Crippen LogP contribution >= 0.6 is 0 Å². The Kier molecular flexibility index (Phi) is 6.14. The highest BCUT2D eigenvalue weighted by atomic mass is 16.6. The molecular formula is C19H18O5. The Bertz CT molecular complexity index is 749. The summed E-state index contributed by atoms with van der Waals surface area (Å²) in [5, 5.41) is 0. The number of esters is 1. The third-order valence-electron chi connectivity index (χ3n) is 3.12. The van der Waals surface area contributed by atoms with Crippen molar-refractivity contribution in [3.8, 4) is 17.2 Å². The normalized spacial score (nSPS) is 10.4. The van der Waals surface area contributed by atoms with Gasteiger partial charge in [0.25, 0.3) is 0 Å². The van der Waals surface area contributed by atoms with Gasteiger partial charge in [-0.1, -0.05) is 12.1 Å². The van der Waals surface area contributed by atoms with Gasteiger partial charge < -0.3 is 14.2 Å². The maximum atomic E-state index is 12.0. The van der Waals surface area contributed by atoms with Crippen LogP contribution in [-0.4, -0.2) is 26.0 Å². The van der Waals surface area contributed by atoms with Crippen molar-refractivity contribution in [3.05, 3.63) is 59.7 Å². The van der Waals surface area contributed by atoms with Gasteiger partial charge in [0.15, 0.2) is 11.5 Å². The van der Waals surface area contributed by atoms with E-state index in [-0.39, 0.29) is 5.75 Å². The van der Waals surface area contributed by atoms with Gasteiger partial charge in [0.05, 0.1) is 13.7 Å². The van der Waals surface area contributed by atoms with Crippen LogP contribution in [0.2, 0.25) is 0 Å². The maximum Gasteiger partial charge on any atom is 0.336 e. The molecule has 0 N–H and O–H groups in total. The number of hydrogen-bond acceptors (Lipinski definition) is 5. The van der Waals surface area contributed by atoms with Crippen LogP contribution in [-0.2, 0) is 4.79 Å². The molecule has 0 aliphatic carbocycles. The summed E-state index contributed by atoms with van der Waals surface area (Å²) in [7, 11) is 1.58. The first kappa shape index (κ1) is 17.3. The molecule has 0 unspecified atom stereocenters. The number of rotatable bonds is 7. The Hall–Kier alpha value is -3.08. The quantitative estimate of drug-likeness (QED) is 0.337. The van der Waals surface area contributed by atoms with Crippen molar-refractivity contribution >= 4 is 18.3 Å². The summed E-state index contributed by atoms with van der Waals surface area (Å²) in [5.41, 5.74) is 1.26. The lowest BCUT2D eigenvalue weighted by atomic mass is 10.2. The number of benzene rings is 2. The molecule has 2 rings (SSSR count). The van der Waals surface area contributed by atoms with Crippen LogP contribution in [0.15, 0.2) is 48.5 Å². The average molecular weight is 326 g/mol. The molecule has 5 nitrogen and oxygen atoms in total. The SMILES string of the molecule is CCOc1cc(C=O)ccc1OC(=O)/C=C/c1cccc(OC)c1. The minimum atomic E-state index is -0.544. The summed E-state index contributed by atoms with van der Waals surface area (Å²) in [6.45, 7) is 2.20. The number of ether oxygens (including phenoxy) is 3. The summed E-state index contributed by atoms with van der Waals surface area (Å²) in [6.07, 6.45) is 3.65. The van der Waals surface area contributed by atoms with E-state index >= 15 is 0 Å². The smallest absolute Gasteiger partial charge is 0.336 e. The second-order valence-electron chi connectivity index (χ2n) is 4.79. The molecule has 0 fully saturated rings. The highest BCUT2D eigenvalue weighted by molar-refractivity contribution is 5.89. The summed E-state index contributed by atoms with van der Waals surface area (Å²) in [4.78, 5) is 22.8. The molecule has 0 bridgehead atoms. The molecule has 124 valence electrons. The summed E-state index contributed by atoms with van der Waals surface area (Å²) >= 11 is 0. The van der Waals surface area contributed by atoms with Crippen molar-refractivity contribution in [1.82, 2.24) is 0 Å². The molecule has 0 saturated heterocycles. The van der Waals surface area contributed by atoms with Crippen molar-refractivity contribution in [2.45, 2.75) is 6.92 Å². The van der Waals surface area contributed by atoms with Crippen LogP contribution < -0.4 is 14.2 Å². The lowest BCUT2D eigenvalue weighted by Gasteiger charge is -2.09. The van der Waals surface area contributed by atoms with Crippen molar-refractivity contribution in [1.29, 1.82) is 0 Å². The first-order valence-corrected chi connectivity index (χ1v) is 7.42. The standard InChI is InChI=1S/C19H18O5/c1-3-23-18-12-15(13-20)7-9-17(18)24-19(21)10-8-14-5-4-6-16(11-14)22-2/h4-13H,3H2,1-2H3/b10-8+. The van der Waals surface area contributed by atoms with Gasteiger partial charge in [-0.3, -0.25) is 4.79 Å². The van der Waals surface area contributed by atoms with Crippen molar-refractivity contribution in [2.24, 2.45) is 0 Å². The lowest BCUT2D eigenvalue weighted by molar-refractivity contribution is -0.129. The highest BCUT2D eigenvalue weighted by Crippen LogP contribution is 2.28. The van der Waals surface area contributed by atoms with E-state index in [4.69, 9.17) is 14.2 Å². The fraction of sp³-hybridized carbons (Fsp3) is 0.158. The molecule has 0 aliphatic heterocycles. The lowest BCUT2D eigenvalue weighted by Crippen LogP contribution is -2.06. The van der Waals surface area contributed by atoms with Gasteiger partial charge in [-0.15, -0.1) is 0 Å². The van der Waals surface area contributed by atoms with Gasteiger partial charge >= 0.3 is 5.97 Å². The van der Waals surface area contributed by atoms with Gasteiger partial charge in [0.1, 0.15) is 12.0 Å². The molecule has 0 aromatic heterocycles. The van der Waals surface area contributed by atoms with Crippen LogP contribution in [0.3, 0.4) is 0 Å². The van der Waals surface area contributed by atoms with Crippen molar-refractivity contribution in [3.63, 3.8) is 0 Å². The highest BCUT2D eigenvalue weighted by Gasteiger charge is 2.09. The summed E-state index contributed by atoms with van der Waals surface area (Å²) < 4.78 is 15.8. The second-order valence-corrected chi connectivity index (χ2v) is 4.79. The third-order valence-corrected chi connectivity index (χ3v) is 3.12. The van der Waals surface area contributed by atoms with E-state index in [1.807, 2.05) is 25.1 Å². The van der Waals surface area contributed by atoms with Gasteiger partial charge in [0, 0.05) is 11.6 Å². The predicted molar refractivity (Wildman–Crippen MR) is 90.7 cm³/mol. The third kappa shape index (κ3) is 4.71. The first-order chi connectivity index (χ1) is 11.7. The number of carbonyl (C=O) groups excluding carboxylic acids is 2. The molecular weight excluding hydrogens is 308 g/mol. The minimum Gasteiger partial charge on any atom is -0.497 e.